The molecule has 0 bridgehead atoms. The van der Waals surface area contributed by atoms with E-state index in [4.69, 9.17) is 11.0 Å². The van der Waals surface area contributed by atoms with E-state index in [0.717, 1.165) is 24.2 Å². The molecule has 1 saturated heterocycles. The van der Waals surface area contributed by atoms with Crippen LogP contribution in [0.5, 0.6) is 0 Å². The molecule has 1 aliphatic heterocycles. The summed E-state index contributed by atoms with van der Waals surface area (Å²) in [6.07, 6.45) is 1.08. The lowest BCUT2D eigenvalue weighted by Gasteiger charge is -2.14. The molecule has 1 aliphatic rings. The van der Waals surface area contributed by atoms with E-state index in [9.17, 15) is 4.79 Å². The van der Waals surface area contributed by atoms with E-state index >= 15 is 0 Å². The van der Waals surface area contributed by atoms with Gasteiger partial charge in [0.1, 0.15) is 6.04 Å². The number of nitrogens with two attached hydrogens (primary N) is 1. The van der Waals surface area contributed by atoms with Gasteiger partial charge in [-0.2, -0.15) is 5.26 Å². The van der Waals surface area contributed by atoms with E-state index in [1.807, 2.05) is 12.1 Å². The number of nitriles is 1. The molecule has 1 unspecified atom stereocenters. The summed E-state index contributed by atoms with van der Waals surface area (Å²) >= 11 is 0. The molecule has 3 N–H and O–H groups in total. The van der Waals surface area contributed by atoms with Crippen LogP contribution in [0.1, 0.15) is 12.0 Å². The van der Waals surface area contributed by atoms with Crippen molar-refractivity contribution >= 4 is 17.3 Å². The van der Waals surface area contributed by atoms with Gasteiger partial charge in [0, 0.05) is 25.0 Å². The van der Waals surface area contributed by atoms with Crippen molar-refractivity contribution in [2.24, 2.45) is 0 Å². The molecule has 1 fully saturated rings. The molecule has 0 aromatic heterocycles. The van der Waals surface area contributed by atoms with Gasteiger partial charge in [0.2, 0.25) is 5.91 Å². The van der Waals surface area contributed by atoms with Crippen molar-refractivity contribution < 1.29 is 4.79 Å². The first-order valence-electron chi connectivity index (χ1n) is 5.88. The molecule has 0 saturated carbocycles. The smallest absolute Gasteiger partial charge is 0.244 e. The van der Waals surface area contributed by atoms with Gasteiger partial charge in [-0.3, -0.25) is 4.79 Å². The summed E-state index contributed by atoms with van der Waals surface area (Å²) in [6.45, 7) is 0.774. The summed E-state index contributed by atoms with van der Waals surface area (Å²) in [6, 6.07) is 7.34. The predicted octanol–water partition coefficient (Wildman–Crippen LogP) is 0.977. The molecule has 5 heteroatoms. The SMILES string of the molecule is CN1CCC(Nc2ccc(N)c(CC#N)c2)C1=O. The van der Waals surface area contributed by atoms with Gasteiger partial charge in [0.25, 0.3) is 0 Å². The summed E-state index contributed by atoms with van der Waals surface area (Å²) in [4.78, 5) is 13.5. The van der Waals surface area contributed by atoms with E-state index in [-0.39, 0.29) is 18.4 Å². The highest BCUT2D eigenvalue weighted by atomic mass is 16.2. The van der Waals surface area contributed by atoms with Gasteiger partial charge in [0.05, 0.1) is 12.5 Å². The lowest BCUT2D eigenvalue weighted by molar-refractivity contribution is -0.127. The van der Waals surface area contributed by atoms with Gasteiger partial charge in [0.15, 0.2) is 0 Å². The Hall–Kier alpha value is -2.22. The van der Waals surface area contributed by atoms with E-state index in [2.05, 4.69) is 11.4 Å². The second kappa shape index (κ2) is 4.96. The maximum absolute atomic E-state index is 11.8. The number of amides is 1. The molecule has 18 heavy (non-hydrogen) atoms. The van der Waals surface area contributed by atoms with Crippen LogP contribution >= 0.6 is 0 Å². The molecule has 5 nitrogen and oxygen atoms in total. The predicted molar refractivity (Wildman–Crippen MR) is 69.8 cm³/mol. The molecule has 94 valence electrons. The third kappa shape index (κ3) is 2.38. The van der Waals surface area contributed by atoms with Gasteiger partial charge >= 0.3 is 0 Å². The van der Waals surface area contributed by atoms with Crippen molar-refractivity contribution in [3.63, 3.8) is 0 Å². The summed E-state index contributed by atoms with van der Waals surface area (Å²) in [5.74, 6) is 0.105. The number of benzene rings is 1. The zero-order valence-electron chi connectivity index (χ0n) is 10.3. The quantitative estimate of drug-likeness (QED) is 0.776. The third-order valence-corrected chi connectivity index (χ3v) is 3.18. The van der Waals surface area contributed by atoms with Crippen molar-refractivity contribution in [3.05, 3.63) is 23.8 Å². The minimum absolute atomic E-state index is 0.105. The number of carbonyl (C=O) groups excluding carboxylic acids is 1. The molecular weight excluding hydrogens is 228 g/mol. The zero-order chi connectivity index (χ0) is 13.1. The number of hydrogen-bond donors (Lipinski definition) is 2. The lowest BCUT2D eigenvalue weighted by atomic mass is 10.1. The highest BCUT2D eigenvalue weighted by Gasteiger charge is 2.28. The van der Waals surface area contributed by atoms with Gasteiger partial charge in [-0.15, -0.1) is 0 Å². The summed E-state index contributed by atoms with van der Waals surface area (Å²) < 4.78 is 0. The zero-order valence-corrected chi connectivity index (χ0v) is 10.3. The first kappa shape index (κ1) is 12.2. The van der Waals surface area contributed by atoms with Crippen LogP contribution in [0, 0.1) is 11.3 Å². The van der Waals surface area contributed by atoms with Crippen LogP contribution in [0.3, 0.4) is 0 Å². The molecule has 0 aliphatic carbocycles. The molecule has 2 rings (SSSR count). The standard InChI is InChI=1S/C13H16N4O/c1-17-7-5-12(13(17)18)16-10-2-3-11(15)9(8-10)4-6-14/h2-3,8,12,16H,4-5,7,15H2,1H3. The Bertz CT molecular complexity index is 506. The number of likely N-dealkylation sites (N-methyl/N-ethyl adjacent to an activating group) is 1. The Balaban J connectivity index is 2.13. The first-order valence-corrected chi connectivity index (χ1v) is 5.88. The van der Waals surface area contributed by atoms with E-state index in [0.29, 0.717) is 5.69 Å². The van der Waals surface area contributed by atoms with Crippen molar-refractivity contribution in [2.45, 2.75) is 18.9 Å². The van der Waals surface area contributed by atoms with Gasteiger partial charge in [-0.1, -0.05) is 0 Å². The Morgan fingerprint density at radius 3 is 3.00 bits per heavy atom. The monoisotopic (exact) mass is 244 g/mol. The molecule has 0 radical (unpaired) electrons. The van der Waals surface area contributed by atoms with E-state index in [1.54, 1.807) is 18.0 Å². The second-order valence-electron chi connectivity index (χ2n) is 4.49. The van der Waals surface area contributed by atoms with Crippen LogP contribution in [-0.2, 0) is 11.2 Å². The van der Waals surface area contributed by atoms with Gasteiger partial charge < -0.3 is 16.0 Å². The largest absolute Gasteiger partial charge is 0.398 e. The fourth-order valence-electron chi connectivity index (χ4n) is 2.09. The van der Waals surface area contributed by atoms with Gasteiger partial charge in [-0.25, -0.2) is 0 Å². The van der Waals surface area contributed by atoms with Crippen LogP contribution in [0.15, 0.2) is 18.2 Å². The Labute approximate surface area is 106 Å². The number of anilines is 2. The van der Waals surface area contributed by atoms with E-state index in [1.165, 1.54) is 0 Å². The Morgan fingerprint density at radius 2 is 2.39 bits per heavy atom. The minimum atomic E-state index is -0.173. The fourth-order valence-corrected chi connectivity index (χ4v) is 2.09. The number of nitrogens with zero attached hydrogens (tertiary/aromatic N) is 2. The molecule has 1 aromatic rings. The average molecular weight is 244 g/mol. The Morgan fingerprint density at radius 1 is 1.61 bits per heavy atom. The maximum atomic E-state index is 11.8. The number of nitrogens with one attached hydrogen (secondary N) is 1. The lowest BCUT2D eigenvalue weighted by Crippen LogP contribution is -2.30. The number of hydrogen-bond acceptors (Lipinski definition) is 4. The normalized spacial score (nSPS) is 18.8. The fraction of sp³-hybridized carbons (Fsp3) is 0.385. The highest BCUT2D eigenvalue weighted by molar-refractivity contribution is 5.86. The van der Waals surface area contributed by atoms with E-state index < -0.39 is 0 Å². The molecule has 1 heterocycles. The molecule has 0 spiro atoms. The summed E-state index contributed by atoms with van der Waals surface area (Å²) in [7, 11) is 1.80. The van der Waals surface area contributed by atoms with Crippen LogP contribution in [-0.4, -0.2) is 30.4 Å². The van der Waals surface area contributed by atoms with Crippen LogP contribution in [0.2, 0.25) is 0 Å². The topological polar surface area (TPSA) is 82.2 Å². The average Bonchev–Trinajstić information content (AvgIpc) is 2.66. The molecule has 1 atom stereocenters. The van der Waals surface area contributed by atoms with Crippen molar-refractivity contribution in [1.29, 1.82) is 5.26 Å². The van der Waals surface area contributed by atoms with Crippen molar-refractivity contribution in [1.82, 2.24) is 4.90 Å². The number of likely N-dealkylation sites (tertiary alicyclic amines) is 1. The minimum Gasteiger partial charge on any atom is -0.398 e. The summed E-state index contributed by atoms with van der Waals surface area (Å²) in [5.41, 5.74) is 8.02. The molecule has 1 aromatic carbocycles. The molecule has 1 amide bonds. The number of carbonyl (C=O) groups is 1. The van der Waals surface area contributed by atoms with Crippen molar-refractivity contribution in [3.8, 4) is 6.07 Å². The van der Waals surface area contributed by atoms with Crippen molar-refractivity contribution in [2.75, 3.05) is 24.6 Å². The van der Waals surface area contributed by atoms with Crippen LogP contribution in [0.25, 0.3) is 0 Å². The number of nitrogen functional groups attached to an aromatic ring is 1. The first-order chi connectivity index (χ1) is 8.61. The van der Waals surface area contributed by atoms with Gasteiger partial charge in [-0.05, 0) is 30.2 Å². The maximum Gasteiger partial charge on any atom is 0.244 e. The third-order valence-electron chi connectivity index (χ3n) is 3.18. The van der Waals surface area contributed by atoms with Crippen LogP contribution < -0.4 is 11.1 Å². The molecular formula is C13H16N4O. The Kier molecular flexibility index (Phi) is 3.38. The number of rotatable bonds is 3. The second-order valence-corrected chi connectivity index (χ2v) is 4.49. The highest BCUT2D eigenvalue weighted by Crippen LogP contribution is 2.21. The summed E-state index contributed by atoms with van der Waals surface area (Å²) in [5, 5.41) is 11.9. The van der Waals surface area contributed by atoms with Crippen LogP contribution in [0.4, 0.5) is 11.4 Å².